The van der Waals surface area contributed by atoms with Crippen molar-refractivity contribution in [3.05, 3.63) is 54.1 Å². The summed E-state index contributed by atoms with van der Waals surface area (Å²) in [6, 6.07) is 16.1. The highest BCUT2D eigenvalue weighted by Crippen LogP contribution is 2.30. The minimum absolute atomic E-state index is 0.0341. The molecule has 2 aromatic carbocycles. The van der Waals surface area contributed by atoms with Crippen molar-refractivity contribution in [1.82, 2.24) is 4.90 Å². The van der Waals surface area contributed by atoms with Crippen molar-refractivity contribution in [2.24, 2.45) is 5.92 Å². The molecular weight excluding hydrogens is 390 g/mol. The number of para-hydroxylation sites is 2. The Balaban J connectivity index is 1.36. The topological polar surface area (TPSA) is 53.1 Å². The molecule has 1 atom stereocenters. The van der Waals surface area contributed by atoms with E-state index in [9.17, 15) is 9.59 Å². The first-order valence-electron chi connectivity index (χ1n) is 11.3. The van der Waals surface area contributed by atoms with E-state index in [0.717, 1.165) is 36.6 Å². The maximum absolute atomic E-state index is 13.1. The maximum atomic E-state index is 13.1. The second kappa shape index (κ2) is 9.41. The SMILES string of the molecule is CCOc1ccccc1N1CCN(C(=O)C2CC(=O)N(c3ccc(CC)cc3)C2)CC1. The molecule has 6 nitrogen and oxygen atoms in total. The number of anilines is 2. The fourth-order valence-electron chi connectivity index (χ4n) is 4.46. The first kappa shape index (κ1) is 21.2. The molecule has 0 saturated carbocycles. The van der Waals surface area contributed by atoms with Gasteiger partial charge in [0.2, 0.25) is 11.8 Å². The Hall–Kier alpha value is -3.02. The third-order valence-corrected chi connectivity index (χ3v) is 6.23. The Bertz CT molecular complexity index is 920. The van der Waals surface area contributed by atoms with Gasteiger partial charge in [-0.1, -0.05) is 31.2 Å². The van der Waals surface area contributed by atoms with Gasteiger partial charge in [0.25, 0.3) is 0 Å². The van der Waals surface area contributed by atoms with E-state index in [1.165, 1.54) is 5.56 Å². The summed E-state index contributed by atoms with van der Waals surface area (Å²) in [6.45, 7) is 8.04. The van der Waals surface area contributed by atoms with Gasteiger partial charge in [-0.2, -0.15) is 0 Å². The highest BCUT2D eigenvalue weighted by atomic mass is 16.5. The molecular formula is C25H31N3O3. The lowest BCUT2D eigenvalue weighted by Gasteiger charge is -2.37. The summed E-state index contributed by atoms with van der Waals surface area (Å²) >= 11 is 0. The van der Waals surface area contributed by atoms with Crippen molar-refractivity contribution >= 4 is 23.2 Å². The first-order valence-corrected chi connectivity index (χ1v) is 11.3. The third-order valence-electron chi connectivity index (χ3n) is 6.23. The van der Waals surface area contributed by atoms with Crippen molar-refractivity contribution in [3.8, 4) is 5.75 Å². The van der Waals surface area contributed by atoms with Crippen molar-refractivity contribution in [1.29, 1.82) is 0 Å². The number of piperazine rings is 1. The molecule has 164 valence electrons. The Morgan fingerprint density at radius 2 is 1.71 bits per heavy atom. The highest BCUT2D eigenvalue weighted by molar-refractivity contribution is 6.00. The second-order valence-corrected chi connectivity index (χ2v) is 8.14. The molecule has 2 heterocycles. The van der Waals surface area contributed by atoms with Crippen LogP contribution in [-0.4, -0.2) is 56.0 Å². The third kappa shape index (κ3) is 4.53. The zero-order chi connectivity index (χ0) is 21.8. The van der Waals surface area contributed by atoms with Crippen LogP contribution in [0, 0.1) is 5.92 Å². The average molecular weight is 422 g/mol. The summed E-state index contributed by atoms with van der Waals surface area (Å²) in [5.41, 5.74) is 3.20. The van der Waals surface area contributed by atoms with Gasteiger partial charge in [0, 0.05) is 44.8 Å². The van der Waals surface area contributed by atoms with Crippen molar-refractivity contribution in [3.63, 3.8) is 0 Å². The molecule has 0 aromatic heterocycles. The summed E-state index contributed by atoms with van der Waals surface area (Å²) in [5.74, 6) is 0.752. The van der Waals surface area contributed by atoms with Crippen LogP contribution in [0.3, 0.4) is 0 Å². The quantitative estimate of drug-likeness (QED) is 0.718. The molecule has 4 rings (SSSR count). The maximum Gasteiger partial charge on any atom is 0.228 e. The molecule has 0 aliphatic carbocycles. The van der Waals surface area contributed by atoms with Crippen LogP contribution < -0.4 is 14.5 Å². The Morgan fingerprint density at radius 1 is 1.00 bits per heavy atom. The minimum atomic E-state index is -0.263. The van der Waals surface area contributed by atoms with Crippen LogP contribution in [0.1, 0.15) is 25.8 Å². The van der Waals surface area contributed by atoms with Crippen LogP contribution in [0.25, 0.3) is 0 Å². The Morgan fingerprint density at radius 3 is 2.39 bits per heavy atom. The lowest BCUT2D eigenvalue weighted by atomic mass is 10.1. The lowest BCUT2D eigenvalue weighted by Crippen LogP contribution is -2.50. The number of amides is 2. The van der Waals surface area contributed by atoms with Gasteiger partial charge in [-0.3, -0.25) is 9.59 Å². The number of carbonyl (C=O) groups is 2. The fraction of sp³-hybridized carbons (Fsp3) is 0.440. The molecule has 2 saturated heterocycles. The molecule has 31 heavy (non-hydrogen) atoms. The van der Waals surface area contributed by atoms with Gasteiger partial charge in [-0.15, -0.1) is 0 Å². The zero-order valence-electron chi connectivity index (χ0n) is 18.4. The number of benzene rings is 2. The standard InChI is InChI=1S/C25H31N3O3/c1-3-19-9-11-21(12-10-19)28-18-20(17-24(28)29)25(30)27-15-13-26(14-16-27)22-7-5-6-8-23(22)31-4-2/h5-12,20H,3-4,13-18H2,1-2H3. The zero-order valence-corrected chi connectivity index (χ0v) is 18.4. The molecule has 2 aliphatic rings. The van der Waals surface area contributed by atoms with Crippen molar-refractivity contribution in [2.45, 2.75) is 26.7 Å². The predicted molar refractivity (Wildman–Crippen MR) is 123 cm³/mol. The first-order chi connectivity index (χ1) is 15.1. The van der Waals surface area contributed by atoms with E-state index in [-0.39, 0.29) is 17.7 Å². The predicted octanol–water partition coefficient (Wildman–Crippen LogP) is 3.35. The molecule has 2 fully saturated rings. The van der Waals surface area contributed by atoms with E-state index in [1.807, 2.05) is 42.2 Å². The smallest absolute Gasteiger partial charge is 0.228 e. The van der Waals surface area contributed by atoms with E-state index >= 15 is 0 Å². The average Bonchev–Trinajstić information content (AvgIpc) is 3.21. The van der Waals surface area contributed by atoms with Crippen LogP contribution in [0.4, 0.5) is 11.4 Å². The van der Waals surface area contributed by atoms with Gasteiger partial charge in [0.05, 0.1) is 18.2 Å². The van der Waals surface area contributed by atoms with Gasteiger partial charge in [-0.05, 0) is 43.2 Å². The summed E-state index contributed by atoms with van der Waals surface area (Å²) in [7, 11) is 0. The van der Waals surface area contributed by atoms with Crippen LogP contribution in [-0.2, 0) is 16.0 Å². The van der Waals surface area contributed by atoms with Crippen molar-refractivity contribution in [2.75, 3.05) is 49.1 Å². The van der Waals surface area contributed by atoms with Gasteiger partial charge >= 0.3 is 0 Å². The van der Waals surface area contributed by atoms with Gasteiger partial charge in [-0.25, -0.2) is 0 Å². The largest absolute Gasteiger partial charge is 0.492 e. The second-order valence-electron chi connectivity index (χ2n) is 8.14. The monoisotopic (exact) mass is 421 g/mol. The van der Waals surface area contributed by atoms with Crippen LogP contribution in [0.2, 0.25) is 0 Å². The molecule has 2 aromatic rings. The lowest BCUT2D eigenvalue weighted by molar-refractivity contribution is -0.136. The van der Waals surface area contributed by atoms with E-state index < -0.39 is 0 Å². The number of aryl methyl sites for hydroxylation is 1. The summed E-state index contributed by atoms with van der Waals surface area (Å²) in [5, 5.41) is 0. The van der Waals surface area contributed by atoms with Crippen LogP contribution in [0.15, 0.2) is 48.5 Å². The number of ether oxygens (including phenoxy) is 1. The summed E-state index contributed by atoms with van der Waals surface area (Å²) in [6.07, 6.45) is 1.26. The molecule has 0 N–H and O–H groups in total. The number of rotatable bonds is 6. The fourth-order valence-corrected chi connectivity index (χ4v) is 4.46. The molecule has 2 amide bonds. The Labute approximate surface area is 184 Å². The Kier molecular flexibility index (Phi) is 6.44. The van der Waals surface area contributed by atoms with Crippen LogP contribution in [0.5, 0.6) is 5.75 Å². The highest BCUT2D eigenvalue weighted by Gasteiger charge is 2.38. The van der Waals surface area contributed by atoms with Gasteiger partial charge in [0.15, 0.2) is 0 Å². The molecule has 1 unspecified atom stereocenters. The van der Waals surface area contributed by atoms with E-state index in [1.54, 1.807) is 4.90 Å². The van der Waals surface area contributed by atoms with Gasteiger partial charge < -0.3 is 19.4 Å². The molecule has 0 bridgehead atoms. The number of hydrogen-bond acceptors (Lipinski definition) is 4. The molecule has 6 heteroatoms. The van der Waals surface area contributed by atoms with Crippen LogP contribution >= 0.6 is 0 Å². The summed E-state index contributed by atoms with van der Waals surface area (Å²) < 4.78 is 5.76. The number of hydrogen-bond donors (Lipinski definition) is 0. The minimum Gasteiger partial charge on any atom is -0.492 e. The molecule has 0 radical (unpaired) electrons. The van der Waals surface area contributed by atoms with E-state index in [0.29, 0.717) is 32.7 Å². The number of nitrogens with zero attached hydrogens (tertiary/aromatic N) is 3. The normalized spacial score (nSPS) is 19.1. The molecule has 2 aliphatic heterocycles. The summed E-state index contributed by atoms with van der Waals surface area (Å²) in [4.78, 5) is 31.7. The van der Waals surface area contributed by atoms with E-state index in [2.05, 4.69) is 30.0 Å². The van der Waals surface area contributed by atoms with E-state index in [4.69, 9.17) is 4.74 Å². The van der Waals surface area contributed by atoms with Crippen molar-refractivity contribution < 1.29 is 14.3 Å². The van der Waals surface area contributed by atoms with Gasteiger partial charge in [0.1, 0.15) is 5.75 Å². The number of carbonyl (C=O) groups excluding carboxylic acids is 2. The molecule has 0 spiro atoms.